The van der Waals surface area contributed by atoms with Crippen molar-refractivity contribution in [3.8, 4) is 0 Å². The zero-order valence-electron chi connectivity index (χ0n) is 70.4. The summed E-state index contributed by atoms with van der Waals surface area (Å²) in [7, 11) is 3.67. The van der Waals surface area contributed by atoms with Crippen molar-refractivity contribution in [1.82, 2.24) is 72.8 Å². The molecule has 0 spiro atoms. The molecule has 130 heavy (non-hydrogen) atoms. The third-order valence-corrected chi connectivity index (χ3v) is 21.1. The highest BCUT2D eigenvalue weighted by molar-refractivity contribution is 7.10. The second-order valence-corrected chi connectivity index (χ2v) is 30.7. The molecular formula is C102H85ClN16O9S2. The summed E-state index contributed by atoms with van der Waals surface area (Å²) in [6.45, 7) is 3.04. The Morgan fingerprint density at radius 2 is 0.800 bits per heavy atom. The van der Waals surface area contributed by atoms with Crippen LogP contribution in [-0.4, -0.2) is 135 Å². The Hall–Kier alpha value is -16.5. The van der Waals surface area contributed by atoms with Gasteiger partial charge in [-0.05, 0) is 209 Å². The number of aryl methyl sites for hydroxylation is 2. The SMILES string of the molecule is Cn1cccc1C(=O)n1ccc(/C=C/c2ccco2)n1.Cn1cccc1C(=O)n1ccc(/C=C/c2cccs2)n1.O=C(Cc1ccc(Cl)cc1)n1ccc(/C=C/c2ccccc2)n1.O=C(c1ccc(N2CCOCC2)nc1)n1ccc(/C=C/c2ccccc2)n1.O=C(c1ccco1)n1ccc(/C=C/c2ccccc2)n1.O=C(c1ccsc1)n1ccc(/C=C/c2ccccc2)n1. The first kappa shape index (κ1) is 89.8. The molecule has 0 aliphatic carbocycles. The zero-order chi connectivity index (χ0) is 90.0. The first-order valence-electron chi connectivity index (χ1n) is 40.9. The summed E-state index contributed by atoms with van der Waals surface area (Å²) in [5, 5.41) is 32.0. The second kappa shape index (κ2) is 46.0. The number of ether oxygens (including phenoxy) is 1. The first-order valence-corrected chi connectivity index (χ1v) is 43.1. The van der Waals surface area contributed by atoms with Gasteiger partial charge in [-0.15, -0.1) is 11.3 Å². The van der Waals surface area contributed by atoms with Crippen LogP contribution in [0.2, 0.25) is 5.02 Å². The number of furan rings is 2. The fourth-order valence-corrected chi connectivity index (χ4v) is 13.8. The van der Waals surface area contributed by atoms with Gasteiger partial charge in [-0.2, -0.15) is 41.9 Å². The molecular weight excluding hydrogens is 1690 g/mol. The average Bonchev–Trinajstić information content (AvgIpc) is 1.14. The highest BCUT2D eigenvalue weighted by Crippen LogP contribution is 2.20. The Balaban J connectivity index is 0.000000126. The van der Waals surface area contributed by atoms with Crippen LogP contribution in [0.1, 0.15) is 130 Å². The third-order valence-electron chi connectivity index (χ3n) is 19.3. The number of halogens is 1. The van der Waals surface area contributed by atoms with E-state index in [9.17, 15) is 28.8 Å². The summed E-state index contributed by atoms with van der Waals surface area (Å²) in [5.41, 5.74) is 12.1. The molecule has 0 radical (unpaired) electrons. The Morgan fingerprint density at radius 3 is 1.21 bits per heavy atom. The monoisotopic (exact) mass is 1780 g/mol. The summed E-state index contributed by atoms with van der Waals surface area (Å²) in [4.78, 5) is 81.1. The maximum atomic E-state index is 12.6. The molecule has 0 atom stereocenters. The predicted octanol–water partition coefficient (Wildman–Crippen LogP) is 20.5. The lowest BCUT2D eigenvalue weighted by molar-refractivity contribution is 0.0893. The highest BCUT2D eigenvalue weighted by Gasteiger charge is 2.19. The van der Waals surface area contributed by atoms with E-state index in [2.05, 4.69) is 40.5 Å². The average molecular weight is 1780 g/mol. The van der Waals surface area contributed by atoms with E-state index in [0.29, 0.717) is 58.6 Å². The number of aromatic nitrogens is 15. The minimum absolute atomic E-state index is 0.0771. The maximum Gasteiger partial charge on any atom is 0.313 e. The molecule has 646 valence electrons. The van der Waals surface area contributed by atoms with E-state index in [4.69, 9.17) is 25.2 Å². The number of hydrogen-bond acceptors (Lipinski definition) is 19. The number of pyridine rings is 1. The van der Waals surface area contributed by atoms with Crippen molar-refractivity contribution in [3.05, 3.63) is 451 Å². The quantitative estimate of drug-likeness (QED) is 0.0686. The van der Waals surface area contributed by atoms with Gasteiger partial charge in [0.2, 0.25) is 0 Å². The largest absolute Gasteiger partial charge is 0.465 e. The van der Waals surface area contributed by atoms with Gasteiger partial charge in [0.05, 0.1) is 77.5 Å². The lowest BCUT2D eigenvalue weighted by Crippen LogP contribution is -2.36. The van der Waals surface area contributed by atoms with E-state index in [-0.39, 0.29) is 41.2 Å². The van der Waals surface area contributed by atoms with Gasteiger partial charge in [-0.3, -0.25) is 28.8 Å². The van der Waals surface area contributed by atoms with Crippen LogP contribution in [0.25, 0.3) is 72.9 Å². The standard InChI is InChI=1S/C21H20N4O2.C19H15ClN2O.C16H12N2O2.C16H12N2OS.C15H13N3O2.C15H13N3OS/c26-21(18-7-9-20(22-16-18)24-12-14-27-15-13-24)25-11-10-19(23-25)8-6-17-4-2-1-3-5-17;20-17-9-6-16(7-10-17)14-19(23)22-13-12-18(21-22)11-8-15-4-2-1-3-5-15;19-16(15-7-4-12-20-15)18-11-10-14(17-18)9-8-13-5-2-1-3-6-13;19-16(14-9-11-20-12-14)18-10-8-15(17-18)7-6-13-4-2-1-3-5-13;2*1-17-9-2-5-14(17)15(19)18-10-8-12(16-18)6-7-13-4-3-11-20-13/h1-11,16H,12-15H2;1-13H,14H2;2*1-12H;2*2-11H,1H3/b8-6+;11-8+;9-8+;3*7-6+. The molecule has 13 aromatic heterocycles. The minimum atomic E-state index is -0.283. The number of carbonyl (C=O) groups is 6. The molecule has 0 saturated carbocycles. The van der Waals surface area contributed by atoms with Gasteiger partial charge in [0.15, 0.2) is 5.76 Å². The number of thiophene rings is 2. The fourth-order valence-electron chi connectivity index (χ4n) is 12.5. The van der Waals surface area contributed by atoms with Crippen molar-refractivity contribution in [2.24, 2.45) is 14.1 Å². The van der Waals surface area contributed by atoms with Gasteiger partial charge in [-0.25, -0.2) is 33.1 Å². The van der Waals surface area contributed by atoms with E-state index in [1.807, 2.05) is 304 Å². The van der Waals surface area contributed by atoms with Gasteiger partial charge in [0, 0.05) is 98.2 Å². The van der Waals surface area contributed by atoms with E-state index in [0.717, 1.165) is 80.1 Å². The Morgan fingerprint density at radius 1 is 0.369 bits per heavy atom. The Kier molecular flexibility index (Phi) is 31.7. The molecule has 19 rings (SSSR count). The van der Waals surface area contributed by atoms with Crippen LogP contribution in [0.4, 0.5) is 5.82 Å². The van der Waals surface area contributed by atoms with Crippen LogP contribution < -0.4 is 4.90 Å². The zero-order valence-corrected chi connectivity index (χ0v) is 72.8. The van der Waals surface area contributed by atoms with Crippen LogP contribution >= 0.6 is 34.3 Å². The van der Waals surface area contributed by atoms with E-state index >= 15 is 0 Å². The minimum Gasteiger partial charge on any atom is -0.465 e. The van der Waals surface area contributed by atoms with Gasteiger partial charge in [0.1, 0.15) is 23.0 Å². The van der Waals surface area contributed by atoms with Crippen molar-refractivity contribution in [3.63, 3.8) is 0 Å². The molecule has 1 aliphatic rings. The summed E-state index contributed by atoms with van der Waals surface area (Å²) >= 11 is 9.01. The van der Waals surface area contributed by atoms with Crippen LogP contribution in [0.5, 0.6) is 0 Å². The predicted molar refractivity (Wildman–Crippen MR) is 511 cm³/mol. The number of nitrogens with zero attached hydrogens (tertiary/aromatic N) is 16. The number of hydrogen-bond donors (Lipinski definition) is 0. The normalized spacial score (nSPS) is 11.8. The number of morpholine rings is 1. The number of rotatable bonds is 20. The topological polar surface area (TPSA) is 271 Å². The second-order valence-electron chi connectivity index (χ2n) is 28.5. The molecule has 0 bridgehead atoms. The lowest BCUT2D eigenvalue weighted by Gasteiger charge is -2.27. The van der Waals surface area contributed by atoms with Crippen LogP contribution in [-0.2, 0) is 25.3 Å². The van der Waals surface area contributed by atoms with E-state index < -0.39 is 0 Å². The smallest absolute Gasteiger partial charge is 0.313 e. The molecule has 25 nitrogen and oxygen atoms in total. The molecule has 18 aromatic rings. The first-order chi connectivity index (χ1) is 63.6. The van der Waals surface area contributed by atoms with Crippen molar-refractivity contribution in [2.45, 2.75) is 6.42 Å². The lowest BCUT2D eigenvalue weighted by atomic mass is 10.1. The van der Waals surface area contributed by atoms with Crippen molar-refractivity contribution >= 4 is 148 Å². The van der Waals surface area contributed by atoms with Crippen molar-refractivity contribution < 1.29 is 42.3 Å². The van der Waals surface area contributed by atoms with Gasteiger partial charge in [-0.1, -0.05) is 175 Å². The molecule has 0 unspecified atom stereocenters. The third kappa shape index (κ3) is 26.3. The molecule has 0 N–H and O–H groups in total. The highest BCUT2D eigenvalue weighted by atomic mass is 35.5. The maximum absolute atomic E-state index is 12.6. The van der Waals surface area contributed by atoms with Crippen LogP contribution in [0.15, 0.2) is 354 Å². The molecule has 1 aliphatic heterocycles. The number of carbonyl (C=O) groups excluding carboxylic acids is 6. The summed E-state index contributed by atoms with van der Waals surface area (Å²) < 4.78 is 27.2. The number of benzene rings is 5. The molecule has 5 aromatic carbocycles. The number of anilines is 1. The Bertz CT molecular complexity index is 6560. The molecule has 1 fully saturated rings. The van der Waals surface area contributed by atoms with E-state index in [1.165, 1.54) is 45.7 Å². The summed E-state index contributed by atoms with van der Waals surface area (Å²) in [6, 6.07) is 81.6. The summed E-state index contributed by atoms with van der Waals surface area (Å²) in [5.74, 6) is 0.923. The van der Waals surface area contributed by atoms with Crippen LogP contribution in [0, 0.1) is 0 Å². The summed E-state index contributed by atoms with van der Waals surface area (Å²) in [6.07, 6.45) is 41.5. The fraction of sp³-hybridized carbons (Fsp3) is 0.0686. The van der Waals surface area contributed by atoms with Gasteiger partial charge < -0.3 is 27.6 Å². The van der Waals surface area contributed by atoms with Crippen LogP contribution in [0.3, 0.4) is 0 Å². The van der Waals surface area contributed by atoms with Crippen molar-refractivity contribution in [1.29, 1.82) is 0 Å². The van der Waals surface area contributed by atoms with Crippen molar-refractivity contribution in [2.75, 3.05) is 31.2 Å². The van der Waals surface area contributed by atoms with E-state index in [1.54, 1.807) is 143 Å². The van der Waals surface area contributed by atoms with Gasteiger partial charge in [0.25, 0.3) is 29.5 Å². The molecule has 0 amide bonds. The van der Waals surface area contributed by atoms with Gasteiger partial charge >= 0.3 is 5.91 Å². The molecule has 28 heteroatoms. The Labute approximate surface area is 761 Å². The molecule has 1 saturated heterocycles. The molecule has 14 heterocycles.